The van der Waals surface area contributed by atoms with Crippen LogP contribution in [-0.4, -0.2) is 14.7 Å². The summed E-state index contributed by atoms with van der Waals surface area (Å²) in [5.74, 6) is 0.900. The van der Waals surface area contributed by atoms with Crippen molar-refractivity contribution in [3.63, 3.8) is 0 Å². The summed E-state index contributed by atoms with van der Waals surface area (Å²) in [5.41, 5.74) is 6.53. The van der Waals surface area contributed by atoms with Crippen molar-refractivity contribution in [2.75, 3.05) is 6.26 Å². The first-order chi connectivity index (χ1) is 10.9. The topological polar surface area (TPSA) is 43.4 Å². The van der Waals surface area contributed by atoms with Crippen molar-refractivity contribution < 1.29 is 12.6 Å². The van der Waals surface area contributed by atoms with Crippen LogP contribution in [0.3, 0.4) is 0 Å². The van der Waals surface area contributed by atoms with Crippen molar-refractivity contribution >= 4 is 10.1 Å². The number of hydrogen-bond acceptors (Lipinski definition) is 3. The second kappa shape index (κ2) is 5.18. The van der Waals surface area contributed by atoms with E-state index in [1.54, 1.807) is 0 Å². The van der Waals surface area contributed by atoms with Crippen LogP contribution in [0.25, 0.3) is 0 Å². The van der Waals surface area contributed by atoms with Gasteiger partial charge in [-0.1, -0.05) is 42.5 Å². The largest absolute Gasteiger partial charge is 0.264 e. The molecule has 0 aliphatic heterocycles. The smallest absolute Gasteiger partial charge is 0.262 e. The molecule has 0 N–H and O–H groups in total. The first-order valence-electron chi connectivity index (χ1n) is 8.03. The van der Waals surface area contributed by atoms with Gasteiger partial charge in [0.05, 0.1) is 12.4 Å². The Balaban J connectivity index is 1.81. The third kappa shape index (κ3) is 2.50. The van der Waals surface area contributed by atoms with Gasteiger partial charge in [0.1, 0.15) is 0 Å². The molecule has 3 nitrogen and oxygen atoms in total. The van der Waals surface area contributed by atoms with Crippen molar-refractivity contribution in [1.29, 1.82) is 0 Å². The van der Waals surface area contributed by atoms with Crippen LogP contribution in [-0.2, 0) is 20.7 Å². The number of benzene rings is 2. The minimum Gasteiger partial charge on any atom is -0.262 e. The molecular formula is C19H20O3S. The molecule has 0 heterocycles. The molecule has 4 rings (SSSR count). The molecule has 0 saturated heterocycles. The molecule has 0 spiro atoms. The van der Waals surface area contributed by atoms with E-state index in [0.717, 1.165) is 24.7 Å². The van der Waals surface area contributed by atoms with Gasteiger partial charge >= 0.3 is 0 Å². The van der Waals surface area contributed by atoms with Crippen LogP contribution in [0.15, 0.2) is 42.5 Å². The SMILES string of the molecule is CC(OS(C)(=O)=O)c1cccc2c1C1Cc3ccccc3C2C1. The maximum atomic E-state index is 11.5. The van der Waals surface area contributed by atoms with Crippen LogP contribution in [0, 0.1) is 0 Å². The first-order valence-corrected chi connectivity index (χ1v) is 9.84. The summed E-state index contributed by atoms with van der Waals surface area (Å²) in [6.45, 7) is 1.83. The molecular weight excluding hydrogens is 308 g/mol. The molecule has 2 aliphatic rings. The van der Waals surface area contributed by atoms with Gasteiger partial charge < -0.3 is 0 Å². The maximum Gasteiger partial charge on any atom is 0.264 e. The monoisotopic (exact) mass is 328 g/mol. The molecule has 0 saturated carbocycles. The van der Waals surface area contributed by atoms with Gasteiger partial charge in [-0.15, -0.1) is 0 Å². The molecule has 2 aromatic carbocycles. The summed E-state index contributed by atoms with van der Waals surface area (Å²) in [7, 11) is -3.46. The zero-order chi connectivity index (χ0) is 16.2. The Labute approximate surface area is 137 Å². The lowest BCUT2D eigenvalue weighted by Crippen LogP contribution is -2.12. The Morgan fingerprint density at radius 1 is 1.09 bits per heavy atom. The minimum atomic E-state index is -3.46. The molecule has 120 valence electrons. The van der Waals surface area contributed by atoms with Crippen LogP contribution in [0.2, 0.25) is 0 Å². The Kier molecular flexibility index (Phi) is 3.36. The van der Waals surface area contributed by atoms with Crippen LogP contribution < -0.4 is 0 Å². The predicted molar refractivity (Wildman–Crippen MR) is 90.1 cm³/mol. The van der Waals surface area contributed by atoms with Gasteiger partial charge in [0, 0.05) is 5.92 Å². The second-order valence-electron chi connectivity index (χ2n) is 6.68. The van der Waals surface area contributed by atoms with E-state index >= 15 is 0 Å². The summed E-state index contributed by atoms with van der Waals surface area (Å²) in [5, 5.41) is 0. The summed E-state index contributed by atoms with van der Waals surface area (Å²) in [6, 6.07) is 14.9. The van der Waals surface area contributed by atoms with E-state index in [2.05, 4.69) is 30.3 Å². The van der Waals surface area contributed by atoms with Crippen molar-refractivity contribution in [3.05, 3.63) is 70.3 Å². The van der Waals surface area contributed by atoms with Gasteiger partial charge in [-0.25, -0.2) is 0 Å². The summed E-state index contributed by atoms with van der Waals surface area (Å²) in [4.78, 5) is 0. The Morgan fingerprint density at radius 2 is 1.83 bits per heavy atom. The van der Waals surface area contributed by atoms with Crippen molar-refractivity contribution in [3.8, 4) is 0 Å². The third-order valence-electron chi connectivity index (χ3n) is 5.13. The zero-order valence-corrected chi connectivity index (χ0v) is 14.1. The standard InChI is InChI=1S/C19H20O3S/c1-12(22-23(2,20)21)15-8-5-9-17-18-11-14(19(15)17)10-13-6-3-4-7-16(13)18/h3-9,12,14,18H,10-11H2,1-2H3. The quantitative estimate of drug-likeness (QED) is 0.803. The molecule has 0 aromatic heterocycles. The molecule has 3 atom stereocenters. The van der Waals surface area contributed by atoms with Gasteiger partial charge in [-0.3, -0.25) is 4.18 Å². The molecule has 4 heteroatoms. The lowest BCUT2D eigenvalue weighted by Gasteiger charge is -2.23. The normalized spacial score (nSPS) is 23.2. The molecule has 3 unspecified atom stereocenters. The van der Waals surface area contributed by atoms with E-state index in [0.29, 0.717) is 11.8 Å². The van der Waals surface area contributed by atoms with E-state index in [1.165, 1.54) is 22.3 Å². The number of rotatable bonds is 3. The zero-order valence-electron chi connectivity index (χ0n) is 13.3. The van der Waals surface area contributed by atoms with Crippen LogP contribution >= 0.6 is 0 Å². The fourth-order valence-corrected chi connectivity index (χ4v) is 5.01. The highest BCUT2D eigenvalue weighted by atomic mass is 32.2. The van der Waals surface area contributed by atoms with Gasteiger partial charge in [0.2, 0.25) is 0 Å². The summed E-state index contributed by atoms with van der Waals surface area (Å²) < 4.78 is 28.2. The van der Waals surface area contributed by atoms with E-state index in [9.17, 15) is 8.42 Å². The van der Waals surface area contributed by atoms with E-state index in [4.69, 9.17) is 4.18 Å². The average Bonchev–Trinajstić information content (AvgIpc) is 2.80. The number of fused-ring (bicyclic) bond motifs is 7. The highest BCUT2D eigenvalue weighted by molar-refractivity contribution is 7.86. The van der Waals surface area contributed by atoms with Crippen LogP contribution in [0.1, 0.15) is 59.1 Å². The van der Waals surface area contributed by atoms with Crippen molar-refractivity contribution in [1.82, 2.24) is 0 Å². The Hall–Kier alpha value is -1.65. The van der Waals surface area contributed by atoms with Gasteiger partial charge in [-0.2, -0.15) is 8.42 Å². The predicted octanol–water partition coefficient (Wildman–Crippen LogP) is 3.90. The van der Waals surface area contributed by atoms with Crippen LogP contribution in [0.5, 0.6) is 0 Å². The van der Waals surface area contributed by atoms with Crippen LogP contribution in [0.4, 0.5) is 0 Å². The molecule has 2 bridgehead atoms. The van der Waals surface area contributed by atoms with E-state index in [1.807, 2.05) is 19.1 Å². The van der Waals surface area contributed by atoms with Gasteiger partial charge in [0.15, 0.2) is 0 Å². The highest BCUT2D eigenvalue weighted by Crippen LogP contribution is 2.53. The fourth-order valence-electron chi connectivity index (χ4n) is 4.38. The molecule has 0 fully saturated rings. The van der Waals surface area contributed by atoms with Gasteiger partial charge in [0.25, 0.3) is 10.1 Å². The summed E-state index contributed by atoms with van der Waals surface area (Å²) >= 11 is 0. The third-order valence-corrected chi connectivity index (χ3v) is 5.77. The second-order valence-corrected chi connectivity index (χ2v) is 8.28. The Morgan fingerprint density at radius 3 is 2.61 bits per heavy atom. The molecule has 23 heavy (non-hydrogen) atoms. The van der Waals surface area contributed by atoms with Crippen molar-refractivity contribution in [2.24, 2.45) is 0 Å². The first kappa shape index (κ1) is 14.9. The molecule has 2 aliphatic carbocycles. The number of hydrogen-bond donors (Lipinski definition) is 0. The summed E-state index contributed by atoms with van der Waals surface area (Å²) in [6.07, 6.45) is 2.82. The van der Waals surface area contributed by atoms with Crippen molar-refractivity contribution in [2.45, 2.75) is 37.7 Å². The minimum absolute atomic E-state index is 0.435. The van der Waals surface area contributed by atoms with E-state index < -0.39 is 16.2 Å². The fraction of sp³-hybridized carbons (Fsp3) is 0.368. The highest BCUT2D eigenvalue weighted by Gasteiger charge is 2.39. The molecule has 0 radical (unpaired) electrons. The van der Waals surface area contributed by atoms with Gasteiger partial charge in [-0.05, 0) is 53.5 Å². The molecule has 0 amide bonds. The average molecular weight is 328 g/mol. The van der Waals surface area contributed by atoms with E-state index in [-0.39, 0.29) is 0 Å². The maximum absolute atomic E-state index is 11.5. The Bertz CT molecular complexity index is 870. The lowest BCUT2D eigenvalue weighted by molar-refractivity contribution is 0.235. The molecule has 2 aromatic rings. The lowest BCUT2D eigenvalue weighted by atomic mass is 9.81.